The van der Waals surface area contributed by atoms with E-state index >= 15 is 0 Å². The number of carbonyl (C=O) groups excluding carboxylic acids is 1. The highest BCUT2D eigenvalue weighted by Crippen LogP contribution is 2.39. The molecule has 0 spiro atoms. The van der Waals surface area contributed by atoms with Gasteiger partial charge in [0.2, 0.25) is 5.88 Å². The van der Waals surface area contributed by atoms with Gasteiger partial charge in [-0.15, -0.1) is 0 Å². The fourth-order valence-electron chi connectivity index (χ4n) is 2.23. The predicted molar refractivity (Wildman–Crippen MR) is 102 cm³/mol. The number of nitrogens with two attached hydrogens (primary N) is 1. The van der Waals surface area contributed by atoms with Gasteiger partial charge in [-0.1, -0.05) is 11.8 Å². The monoisotopic (exact) mass is 364 g/mol. The average Bonchev–Trinajstić information content (AvgIpc) is 2.73. The maximum absolute atomic E-state index is 11.4. The van der Waals surface area contributed by atoms with Crippen molar-refractivity contribution >= 4 is 35.8 Å². The van der Waals surface area contributed by atoms with Crippen molar-refractivity contribution < 1.29 is 18.8 Å². The molecule has 1 aromatic heterocycles. The Balaban J connectivity index is 2.38. The highest BCUT2D eigenvalue weighted by atomic mass is 32.2. The van der Waals surface area contributed by atoms with Crippen LogP contribution in [0.15, 0.2) is 17.6 Å². The van der Waals surface area contributed by atoms with Crippen LogP contribution in [0, 0.1) is 0 Å². The van der Waals surface area contributed by atoms with E-state index in [4.69, 9.17) is 19.8 Å². The number of hydrogen-bond acceptors (Lipinski definition) is 7. The quantitative estimate of drug-likeness (QED) is 0.804. The van der Waals surface area contributed by atoms with Gasteiger partial charge < -0.3 is 19.8 Å². The van der Waals surface area contributed by atoms with Crippen LogP contribution in [0.4, 0.5) is 5.69 Å². The number of pyridine rings is 1. The molecule has 0 radical (unpaired) electrons. The van der Waals surface area contributed by atoms with E-state index in [1.54, 1.807) is 19.2 Å². The number of thioether (sulfide) groups is 1. The minimum Gasteiger partial charge on any atom is -0.481 e. The van der Waals surface area contributed by atoms with Crippen molar-refractivity contribution in [2.24, 2.45) is 0 Å². The lowest BCUT2D eigenvalue weighted by Crippen LogP contribution is -2.41. The average molecular weight is 364 g/mol. The molecule has 2 rings (SSSR count). The third kappa shape index (κ3) is 4.57. The molecule has 0 saturated carbocycles. The van der Waals surface area contributed by atoms with Crippen molar-refractivity contribution in [2.75, 3.05) is 18.6 Å². The fourth-order valence-corrected chi connectivity index (χ4v) is 2.82. The summed E-state index contributed by atoms with van der Waals surface area (Å²) < 4.78 is 17.4. The van der Waals surface area contributed by atoms with E-state index in [2.05, 4.69) is 4.98 Å². The second kappa shape index (κ2) is 7.39. The maximum atomic E-state index is 11.4. The number of aromatic nitrogens is 1. The van der Waals surface area contributed by atoms with Gasteiger partial charge in [0.15, 0.2) is 5.12 Å². The number of rotatable bonds is 5. The zero-order valence-electron chi connectivity index (χ0n) is 15.6. The molecule has 1 saturated heterocycles. The molecule has 0 amide bonds. The third-order valence-electron chi connectivity index (χ3n) is 4.46. The Morgan fingerprint density at radius 1 is 1.32 bits per heavy atom. The number of ether oxygens (including phenoxy) is 1. The minimum atomic E-state index is -0.566. The number of anilines is 1. The fraction of sp³-hybridized carbons (Fsp3) is 0.529. The number of nitrogens with zero attached hydrogens (tertiary/aromatic N) is 1. The molecular weight excluding hydrogens is 339 g/mol. The SMILES string of the molecule is COc1ccc(N)c(C=C(CSC(C)=O)B2OC(C)(C)C(C)(C)O2)n1. The van der Waals surface area contributed by atoms with Crippen molar-refractivity contribution in [1.29, 1.82) is 0 Å². The number of carbonyl (C=O) groups is 1. The standard InChI is InChI=1S/C17H25BN2O4S/c1-11(21)25-10-12(18-23-16(2,3)17(4,5)24-18)9-14-13(19)7-8-15(20-14)22-6/h7-9H,10,19H2,1-6H3. The van der Waals surface area contributed by atoms with Gasteiger partial charge in [-0.05, 0) is 45.3 Å². The topological polar surface area (TPSA) is 83.7 Å². The molecule has 136 valence electrons. The Morgan fingerprint density at radius 3 is 2.44 bits per heavy atom. The molecule has 1 fully saturated rings. The van der Waals surface area contributed by atoms with E-state index in [0.29, 0.717) is 23.0 Å². The van der Waals surface area contributed by atoms with E-state index in [1.807, 2.05) is 33.8 Å². The molecule has 0 aliphatic carbocycles. The van der Waals surface area contributed by atoms with Crippen LogP contribution in [0.3, 0.4) is 0 Å². The summed E-state index contributed by atoms with van der Waals surface area (Å²) in [6.45, 7) is 9.48. The smallest absolute Gasteiger partial charge is 0.481 e. The summed E-state index contributed by atoms with van der Waals surface area (Å²) in [5.74, 6) is 0.901. The van der Waals surface area contributed by atoms with Gasteiger partial charge in [0.1, 0.15) is 0 Å². The van der Waals surface area contributed by atoms with Crippen LogP contribution in [0.25, 0.3) is 6.08 Å². The van der Waals surface area contributed by atoms with Crippen LogP contribution >= 0.6 is 11.8 Å². The Kier molecular flexibility index (Phi) is 5.86. The first-order valence-electron chi connectivity index (χ1n) is 8.06. The van der Waals surface area contributed by atoms with Gasteiger partial charge >= 0.3 is 7.12 Å². The van der Waals surface area contributed by atoms with Crippen molar-refractivity contribution in [2.45, 2.75) is 45.8 Å². The molecule has 0 aromatic carbocycles. The number of nitrogen functional groups attached to an aromatic ring is 1. The molecule has 0 bridgehead atoms. The lowest BCUT2D eigenvalue weighted by Gasteiger charge is -2.32. The van der Waals surface area contributed by atoms with Gasteiger partial charge in [-0.2, -0.15) is 0 Å². The van der Waals surface area contributed by atoms with Gasteiger partial charge in [-0.25, -0.2) is 4.98 Å². The molecule has 6 nitrogen and oxygen atoms in total. The van der Waals surface area contributed by atoms with E-state index < -0.39 is 18.3 Å². The van der Waals surface area contributed by atoms with Gasteiger partial charge in [0.25, 0.3) is 0 Å². The first kappa shape index (κ1) is 19.8. The zero-order chi connectivity index (χ0) is 18.8. The van der Waals surface area contributed by atoms with Crippen molar-refractivity contribution in [3.8, 4) is 5.88 Å². The Bertz CT molecular complexity index is 675. The van der Waals surface area contributed by atoms with Crippen molar-refractivity contribution in [1.82, 2.24) is 4.98 Å². The van der Waals surface area contributed by atoms with E-state index in [-0.39, 0.29) is 5.12 Å². The molecule has 8 heteroatoms. The first-order valence-corrected chi connectivity index (χ1v) is 9.04. The zero-order valence-corrected chi connectivity index (χ0v) is 16.4. The number of hydrogen-bond donors (Lipinski definition) is 1. The molecule has 0 atom stereocenters. The van der Waals surface area contributed by atoms with Crippen LogP contribution in [-0.4, -0.2) is 41.3 Å². The van der Waals surface area contributed by atoms with Crippen LogP contribution < -0.4 is 10.5 Å². The van der Waals surface area contributed by atoms with Gasteiger partial charge in [-0.3, -0.25) is 4.79 Å². The summed E-state index contributed by atoms with van der Waals surface area (Å²) in [7, 11) is 0.983. The first-order chi connectivity index (χ1) is 11.6. The molecule has 2 heterocycles. The van der Waals surface area contributed by atoms with Crippen LogP contribution in [0.2, 0.25) is 0 Å². The second-order valence-corrected chi connectivity index (χ2v) is 8.07. The molecule has 1 aliphatic heterocycles. The highest BCUT2D eigenvalue weighted by molar-refractivity contribution is 8.13. The molecule has 2 N–H and O–H groups in total. The summed E-state index contributed by atoms with van der Waals surface area (Å²) in [6, 6.07) is 3.43. The highest BCUT2D eigenvalue weighted by Gasteiger charge is 2.52. The molecule has 1 aliphatic rings. The van der Waals surface area contributed by atoms with E-state index in [0.717, 1.165) is 5.47 Å². The third-order valence-corrected chi connectivity index (χ3v) is 5.35. The minimum absolute atomic E-state index is 0.0222. The Hall–Kier alpha value is -1.51. The van der Waals surface area contributed by atoms with Crippen molar-refractivity contribution in [3.05, 3.63) is 23.3 Å². The van der Waals surface area contributed by atoms with Gasteiger partial charge in [0.05, 0.1) is 29.7 Å². The summed E-state index contributed by atoms with van der Waals surface area (Å²) in [5, 5.41) is 0.0222. The van der Waals surface area contributed by atoms with E-state index in [1.165, 1.54) is 18.7 Å². The maximum Gasteiger partial charge on any atom is 0.491 e. The summed E-state index contributed by atoms with van der Waals surface area (Å²) >= 11 is 1.19. The molecular formula is C17H25BN2O4S. The lowest BCUT2D eigenvalue weighted by atomic mass is 9.78. The van der Waals surface area contributed by atoms with Crippen LogP contribution in [0.1, 0.15) is 40.3 Å². The largest absolute Gasteiger partial charge is 0.491 e. The molecule has 1 aromatic rings. The summed E-state index contributed by atoms with van der Waals surface area (Å²) in [4.78, 5) is 15.8. The Morgan fingerprint density at radius 2 is 1.92 bits per heavy atom. The second-order valence-electron chi connectivity index (χ2n) is 6.92. The lowest BCUT2D eigenvalue weighted by molar-refractivity contribution is -0.109. The molecule has 25 heavy (non-hydrogen) atoms. The van der Waals surface area contributed by atoms with E-state index in [9.17, 15) is 4.79 Å². The van der Waals surface area contributed by atoms with Gasteiger partial charge in [0, 0.05) is 18.7 Å². The van der Waals surface area contributed by atoms with Crippen LogP contribution in [-0.2, 0) is 14.1 Å². The molecule has 0 unspecified atom stereocenters. The van der Waals surface area contributed by atoms with Crippen molar-refractivity contribution in [3.63, 3.8) is 0 Å². The van der Waals surface area contributed by atoms with Crippen LogP contribution in [0.5, 0.6) is 5.88 Å². The normalized spacial score (nSPS) is 19.1. The Labute approximate surface area is 153 Å². The summed E-state index contributed by atoms with van der Waals surface area (Å²) in [5.41, 5.74) is 6.98. The number of methoxy groups -OCH3 is 1. The summed E-state index contributed by atoms with van der Waals surface area (Å²) in [6.07, 6.45) is 1.82. The predicted octanol–water partition coefficient (Wildman–Crippen LogP) is 2.97.